The molecule has 4 aromatic carbocycles. The molecule has 2 aliphatic heterocycles. The predicted molar refractivity (Wildman–Crippen MR) is 532 cm³/mol. The molecule has 5 aromatic heterocycles. The number of hydrogen-bond acceptors (Lipinski definition) is 33. The molecule has 733 valence electrons. The Hall–Kier alpha value is -10.7. The monoisotopic (exact) mass is 2020 g/mol. The van der Waals surface area contributed by atoms with E-state index >= 15 is 0 Å². The number of hydrogen-bond donors (Lipinski definition) is 14. The average molecular weight is 2020 g/mol. The number of amides is 6. The number of terminal acetylenes is 1. The van der Waals surface area contributed by atoms with Crippen LogP contribution in [0.5, 0.6) is 0 Å². The number of esters is 2. The van der Waals surface area contributed by atoms with Crippen LogP contribution < -0.4 is 53.8 Å². The molecular weight excluding hydrogens is 1900 g/mol. The Balaban J connectivity index is 0.000000363. The van der Waals surface area contributed by atoms with Crippen molar-refractivity contribution in [1.29, 1.82) is 2.67 Å². The molecule has 11 rings (SSSR count). The van der Waals surface area contributed by atoms with Crippen molar-refractivity contribution in [1.82, 2.24) is 80.3 Å². The first-order valence-corrected chi connectivity index (χ1v) is 49.4. The maximum Gasteiger partial charge on any atom is 1.00 e. The number of nitrogens with zero attached hydrogens (tertiary/aromatic N) is 18. The van der Waals surface area contributed by atoms with Crippen molar-refractivity contribution < 1.29 is 105 Å². The van der Waals surface area contributed by atoms with Crippen LogP contribution in [-0.2, 0) is 123 Å². The molecule has 2 fully saturated rings. The Morgan fingerprint density at radius 1 is 0.507 bits per heavy atom. The van der Waals surface area contributed by atoms with E-state index in [1.165, 1.54) is 84.5 Å². The molecule has 7 heterocycles. The molecule has 2 saturated heterocycles. The number of ether oxygens (including phenoxy) is 2. The normalized spacial score (nSPS) is 12.9. The van der Waals surface area contributed by atoms with Crippen LogP contribution in [0.4, 0.5) is 28.6 Å². The van der Waals surface area contributed by atoms with Crippen molar-refractivity contribution in [2.45, 2.75) is 217 Å². The zero-order valence-electron chi connectivity index (χ0n) is 78.2. The van der Waals surface area contributed by atoms with E-state index in [4.69, 9.17) is 24.1 Å². The largest absolute Gasteiger partial charge is 1.00 e. The summed E-state index contributed by atoms with van der Waals surface area (Å²) in [6, 6.07) is 25.2. The van der Waals surface area contributed by atoms with Crippen molar-refractivity contribution in [2.24, 2.45) is 17.0 Å². The third-order valence-corrected chi connectivity index (χ3v) is 27.2. The number of aromatic nitrogens is 15. The van der Waals surface area contributed by atoms with Gasteiger partial charge in [-0.15, -0.1) is 31.9 Å². The number of aryl methyl sites for hydroxylation is 4. The van der Waals surface area contributed by atoms with Crippen LogP contribution in [0.1, 0.15) is 170 Å². The van der Waals surface area contributed by atoms with Crippen molar-refractivity contribution >= 4 is 193 Å². The van der Waals surface area contributed by atoms with Gasteiger partial charge in [0.05, 0.1) is 98.3 Å². The van der Waals surface area contributed by atoms with Gasteiger partial charge in [-0.2, -0.15) is 0 Å². The third-order valence-electron chi connectivity index (χ3n) is 21.2. The van der Waals surface area contributed by atoms with Gasteiger partial charge in [0.2, 0.25) is 35.4 Å². The van der Waals surface area contributed by atoms with E-state index in [0.717, 1.165) is 73.1 Å². The molecule has 0 unspecified atom stereocenters. The minimum atomic E-state index is -1.65. The molecule has 42 nitrogen and oxygen atoms in total. The molecular formula is C84H114B7CuN24O18S4+. The Bertz CT molecular complexity index is 5090. The van der Waals surface area contributed by atoms with Gasteiger partial charge in [-0.25, -0.2) is 23.4 Å². The second kappa shape index (κ2) is 66.0. The Morgan fingerprint density at radius 2 is 0.833 bits per heavy atom. The Labute approximate surface area is 834 Å². The summed E-state index contributed by atoms with van der Waals surface area (Å²) in [5.41, 5.74) is 14.5. The van der Waals surface area contributed by atoms with Crippen LogP contribution in [0, 0.1) is 24.2 Å². The first kappa shape index (κ1) is 113. The number of unbranched alkanes of at least 4 members (excludes halogenated alkanes) is 7. The minimum absolute atomic E-state index is 0. The van der Waals surface area contributed by atoms with E-state index in [-0.39, 0.29) is 139 Å². The summed E-state index contributed by atoms with van der Waals surface area (Å²) < 4.78 is 29.8. The second-order valence-electron chi connectivity index (χ2n) is 31.6. The SMILES string of the molecule is C#CCNC(=O)CCCC[C@H]1CCSS1.O=C(CCCCc1cnnn1CC(Cn1nncc1CCCCC(=O)Nc1cccc(B(O)O)c1)C(=O)OCn1cc(NC(=O)CCCCC[C@H]2CCSS2)nn1)Nc1cccc(B(O)O)c1.[2H][B].[2H][B][B].[Cu+].[N-]=[N+]=NCOC(=O)C(Cn1nncc1CCCCC(=O)Nc1cccc(B(O)O)c1)Cn1nncc1CCCCC(=O)Nc1cccc(B(O)O)c1. The number of carbonyl (C=O) groups excluding carboxylic acids is 8. The smallest absolute Gasteiger partial charge is 0.459 e. The van der Waals surface area contributed by atoms with Gasteiger partial charge < -0.3 is 81.6 Å². The fraction of sp³-hybridized carbons (Fsp3) is 0.476. The summed E-state index contributed by atoms with van der Waals surface area (Å²) in [7, 11) is 10.2. The van der Waals surface area contributed by atoms with Crippen LogP contribution in [0.25, 0.3) is 10.4 Å². The topological polar surface area (TPSA) is 591 Å². The van der Waals surface area contributed by atoms with E-state index in [1.54, 1.807) is 104 Å². The van der Waals surface area contributed by atoms with Gasteiger partial charge in [-0.05, 0) is 194 Å². The van der Waals surface area contributed by atoms with Gasteiger partial charge in [-0.3, -0.25) is 38.4 Å². The zero-order chi connectivity index (χ0) is 100. The van der Waals surface area contributed by atoms with Crippen LogP contribution >= 0.6 is 43.2 Å². The van der Waals surface area contributed by atoms with Gasteiger partial charge in [0.1, 0.15) is 0 Å². The predicted octanol–water partition coefficient (Wildman–Crippen LogP) is 2.91. The Kier molecular flexibility index (Phi) is 53.8. The van der Waals surface area contributed by atoms with E-state index in [2.05, 4.69) is 116 Å². The van der Waals surface area contributed by atoms with Gasteiger partial charge in [0.15, 0.2) is 19.3 Å². The number of carbonyl (C=O) groups is 8. The maximum absolute atomic E-state index is 13.9. The quantitative estimate of drug-likeness (QED) is 0.00381. The van der Waals surface area contributed by atoms with E-state index in [9.17, 15) is 78.5 Å². The zero-order valence-corrected chi connectivity index (χ0v) is 80.4. The molecule has 6 amide bonds. The molecule has 0 aliphatic carbocycles. The number of anilines is 5. The summed E-state index contributed by atoms with van der Waals surface area (Å²) in [5, 5.41) is 138. The fourth-order valence-corrected chi connectivity index (χ4v) is 20.1. The molecule has 14 N–H and O–H groups in total. The molecule has 0 spiro atoms. The first-order valence-electron chi connectivity index (χ1n) is 45.8. The summed E-state index contributed by atoms with van der Waals surface area (Å²) in [6.07, 6.45) is 31.5. The maximum atomic E-state index is 13.9. The molecule has 0 bridgehead atoms. The summed E-state index contributed by atoms with van der Waals surface area (Å²) >= 11 is 0. The van der Waals surface area contributed by atoms with E-state index in [0.29, 0.717) is 119 Å². The molecule has 5 radical (unpaired) electrons. The van der Waals surface area contributed by atoms with Crippen LogP contribution in [0.2, 0.25) is 0 Å². The van der Waals surface area contributed by atoms with Crippen molar-refractivity contribution in [3.63, 3.8) is 0 Å². The summed E-state index contributed by atoms with van der Waals surface area (Å²) in [5.74, 6) is 1.31. The van der Waals surface area contributed by atoms with Crippen molar-refractivity contribution in [3.05, 3.63) is 161 Å². The average Bonchev–Trinajstić information content (AvgIpc) is 1.71. The van der Waals surface area contributed by atoms with Gasteiger partial charge in [0.25, 0.3) is 0 Å². The summed E-state index contributed by atoms with van der Waals surface area (Å²) in [6.45, 7) is -0.102. The molecule has 138 heavy (non-hydrogen) atoms. The number of benzene rings is 4. The molecule has 2 atom stereocenters. The van der Waals surface area contributed by atoms with Gasteiger partial charge >= 0.3 is 57.5 Å². The van der Waals surface area contributed by atoms with Crippen LogP contribution in [0.3, 0.4) is 0 Å². The number of azide groups is 1. The fourth-order valence-electron chi connectivity index (χ4n) is 14.1. The Morgan fingerprint density at radius 3 is 1.17 bits per heavy atom. The van der Waals surface area contributed by atoms with Crippen LogP contribution in [-0.4, -0.2) is 253 Å². The second-order valence-corrected chi connectivity index (χ2v) is 37.2. The van der Waals surface area contributed by atoms with Crippen LogP contribution in [0.15, 0.2) is 133 Å². The molecule has 54 heteroatoms. The van der Waals surface area contributed by atoms with Gasteiger partial charge in [0, 0.05) is 112 Å². The molecule has 0 saturated carbocycles. The van der Waals surface area contributed by atoms with Crippen molar-refractivity contribution in [3.8, 4) is 12.3 Å². The van der Waals surface area contributed by atoms with Gasteiger partial charge in [-0.1, -0.05) is 148 Å². The standard InChI is InChI=1S/C42H56B2N12O9S2.C31H39B2N11O8.C11H17NOS2.B2H.BH.Cu/c57-39(47-33-12-8-10-31(22-33)43(61)62)18-6-4-14-35-24-45-51-55(35)26-30(27-56-36(25-46-52-56)15-5-7-19-40(58)48-34-13-9-11-32(23-34)44(63)64)42(60)65-29-54-28-38(50-53-54)49-41(59)17-3-1-2-16-37-20-21-66-67-37;34-40-37-21-52-31(47)22(19-43-27(17-35-41-43)11-1-3-13-29(45)38-25-9-5-7-23(15-25)32(48)49)20-44-28(18-36-42-44)12-2-4-14-30(46)39-26-10-6-8-24(16-26)33(50)51;1-2-8-12-11(13)6-4-3-5-10-7-9-14-15-10;1-2;;/h8-13,22-25,28,30,37,61-64H,1-7,14-21,26-27,29H2,(H,47,57)(H,48,58)(H,49,59);5-10,15-18,22,48-51H,1-4,11-14,19-21H2,(H,38,45)(H,39,46);1,10H,3-9H2,(H,12,13);1H;1H;/q;;;;;+1/t37-;;10-;;;/m0.0.../s1/i;;;2*1D;. The third kappa shape index (κ3) is 44.2. The summed E-state index contributed by atoms with van der Waals surface area (Å²) in [4.78, 5) is 104. The molecule has 9 aromatic rings. The number of rotatable bonds is 55. The number of nitrogens with one attached hydrogen (secondary N) is 6. The first-order chi connectivity index (χ1) is 67.3. The minimum Gasteiger partial charge on any atom is -0.459 e. The van der Waals surface area contributed by atoms with E-state index < -0.39 is 59.0 Å². The van der Waals surface area contributed by atoms with E-state index in [1.807, 2.05) is 43.2 Å². The van der Waals surface area contributed by atoms with Crippen molar-refractivity contribution in [2.75, 3.05) is 51.4 Å². The molecule has 2 aliphatic rings.